The molecule has 0 aliphatic carbocycles. The number of amides is 3. The second-order valence-electron chi connectivity index (χ2n) is 7.32. The molecule has 1 aromatic heterocycles. The number of carbonyl (C=O) groups excluding carboxylic acids is 3. The fraction of sp³-hybridized carbons (Fsp3) is 0.350. The third kappa shape index (κ3) is 4.56. The maximum Gasteiger partial charge on any atom is 0.232 e. The van der Waals surface area contributed by atoms with Gasteiger partial charge in [0.1, 0.15) is 11.6 Å². The Labute approximate surface area is 178 Å². The highest BCUT2D eigenvalue weighted by atomic mass is 16.5. The van der Waals surface area contributed by atoms with Crippen molar-refractivity contribution in [2.24, 2.45) is 0 Å². The molecule has 1 atom stereocenters. The van der Waals surface area contributed by atoms with Crippen LogP contribution in [0.2, 0.25) is 0 Å². The number of fused-ring (bicyclic) bond motifs is 1. The van der Waals surface area contributed by atoms with Gasteiger partial charge in [-0.05, 0) is 24.3 Å². The normalized spacial score (nSPS) is 18.0. The van der Waals surface area contributed by atoms with Crippen LogP contribution < -0.4 is 26.6 Å². The van der Waals surface area contributed by atoms with E-state index in [9.17, 15) is 14.4 Å². The Morgan fingerprint density at radius 3 is 2.42 bits per heavy atom. The molecule has 0 bridgehead atoms. The number of benzene rings is 1. The summed E-state index contributed by atoms with van der Waals surface area (Å²) >= 11 is 0. The van der Waals surface area contributed by atoms with Gasteiger partial charge < -0.3 is 31.3 Å². The van der Waals surface area contributed by atoms with Gasteiger partial charge in [-0.1, -0.05) is 0 Å². The van der Waals surface area contributed by atoms with Crippen LogP contribution in [0.1, 0.15) is 24.8 Å². The van der Waals surface area contributed by atoms with Crippen LogP contribution >= 0.6 is 0 Å². The van der Waals surface area contributed by atoms with Gasteiger partial charge in [0, 0.05) is 37.8 Å². The highest BCUT2D eigenvalue weighted by molar-refractivity contribution is 6.05. The molecule has 0 radical (unpaired) electrons. The summed E-state index contributed by atoms with van der Waals surface area (Å²) in [5, 5.41) is 8.15. The van der Waals surface area contributed by atoms with E-state index in [1.807, 2.05) is 4.90 Å². The first-order valence-corrected chi connectivity index (χ1v) is 9.89. The number of nitrogens with two attached hydrogens (primary N) is 1. The zero-order valence-corrected chi connectivity index (χ0v) is 17.0. The number of ether oxygens (including phenoxy) is 1. The van der Waals surface area contributed by atoms with E-state index in [1.165, 1.54) is 6.92 Å². The quantitative estimate of drug-likeness (QED) is 0.564. The standard InChI is InChI=1S/C20H23N7O4/c1-11(28)22-12-2-4-13(5-3-12)23-19(30)14-10-15(29)24-18-16(14)17(21)25-20(26-18)27-6-8-31-9-7-27/h2-5,14H,6-10H2,1H3,(H,22,28)(H,23,30)(H3,21,24,25,26,29)/t14-/m0/s1. The summed E-state index contributed by atoms with van der Waals surface area (Å²) in [6, 6.07) is 6.66. The van der Waals surface area contributed by atoms with Crippen LogP contribution in [0.5, 0.6) is 0 Å². The van der Waals surface area contributed by atoms with Crippen molar-refractivity contribution in [1.29, 1.82) is 0 Å². The smallest absolute Gasteiger partial charge is 0.232 e. The molecule has 1 saturated heterocycles. The van der Waals surface area contributed by atoms with E-state index in [1.54, 1.807) is 24.3 Å². The lowest BCUT2D eigenvalue weighted by Crippen LogP contribution is -2.38. The number of anilines is 5. The zero-order chi connectivity index (χ0) is 22.0. The van der Waals surface area contributed by atoms with E-state index < -0.39 is 11.8 Å². The van der Waals surface area contributed by atoms with Gasteiger partial charge in [0.2, 0.25) is 23.7 Å². The van der Waals surface area contributed by atoms with Crippen molar-refractivity contribution in [3.05, 3.63) is 29.8 Å². The van der Waals surface area contributed by atoms with Crippen LogP contribution in [-0.4, -0.2) is 54.0 Å². The number of nitrogen functional groups attached to an aromatic ring is 1. The predicted octanol–water partition coefficient (Wildman–Crippen LogP) is 0.918. The highest BCUT2D eigenvalue weighted by Crippen LogP contribution is 2.36. The summed E-state index contributed by atoms with van der Waals surface area (Å²) in [6.45, 7) is 3.75. The SMILES string of the molecule is CC(=O)Nc1ccc(NC(=O)[C@H]2CC(=O)Nc3nc(N4CCOCC4)nc(N)c32)cc1. The molecule has 1 aromatic carbocycles. The van der Waals surface area contributed by atoms with Crippen molar-refractivity contribution >= 4 is 46.7 Å². The molecule has 0 saturated carbocycles. The Morgan fingerprint density at radius 1 is 1.13 bits per heavy atom. The lowest BCUT2D eigenvalue weighted by atomic mass is 9.92. The van der Waals surface area contributed by atoms with Gasteiger partial charge in [-0.3, -0.25) is 14.4 Å². The Hall–Kier alpha value is -3.73. The van der Waals surface area contributed by atoms with Crippen LogP contribution in [0.15, 0.2) is 24.3 Å². The molecule has 162 valence electrons. The van der Waals surface area contributed by atoms with Crippen molar-refractivity contribution in [3.63, 3.8) is 0 Å². The molecule has 3 heterocycles. The first-order valence-electron chi connectivity index (χ1n) is 9.89. The zero-order valence-electron chi connectivity index (χ0n) is 17.0. The molecule has 4 rings (SSSR count). The van der Waals surface area contributed by atoms with Crippen LogP contribution in [-0.2, 0) is 19.1 Å². The molecule has 11 heteroatoms. The Morgan fingerprint density at radius 2 is 1.77 bits per heavy atom. The summed E-state index contributed by atoms with van der Waals surface area (Å²) < 4.78 is 5.34. The largest absolute Gasteiger partial charge is 0.383 e. The molecule has 3 amide bonds. The minimum Gasteiger partial charge on any atom is -0.383 e. The maximum absolute atomic E-state index is 13.0. The predicted molar refractivity (Wildman–Crippen MR) is 115 cm³/mol. The van der Waals surface area contributed by atoms with E-state index in [-0.39, 0.29) is 29.9 Å². The van der Waals surface area contributed by atoms with Crippen LogP contribution in [0.25, 0.3) is 0 Å². The Kier molecular flexibility index (Phi) is 5.67. The van der Waals surface area contributed by atoms with E-state index in [2.05, 4.69) is 25.9 Å². The molecular weight excluding hydrogens is 402 g/mol. The third-order valence-corrected chi connectivity index (χ3v) is 5.04. The number of hydrogen-bond acceptors (Lipinski definition) is 8. The Bertz CT molecular complexity index is 1020. The number of hydrogen-bond donors (Lipinski definition) is 4. The molecule has 0 spiro atoms. The number of nitrogens with one attached hydrogen (secondary N) is 3. The van der Waals surface area contributed by atoms with Gasteiger partial charge in [-0.15, -0.1) is 0 Å². The molecule has 0 unspecified atom stereocenters. The number of aromatic nitrogens is 2. The number of rotatable bonds is 4. The van der Waals surface area contributed by atoms with Gasteiger partial charge >= 0.3 is 0 Å². The van der Waals surface area contributed by atoms with Crippen molar-refractivity contribution in [2.75, 3.05) is 52.9 Å². The van der Waals surface area contributed by atoms with Crippen molar-refractivity contribution in [2.45, 2.75) is 19.3 Å². The summed E-state index contributed by atoms with van der Waals surface area (Å²) in [5.41, 5.74) is 7.74. The van der Waals surface area contributed by atoms with Crippen molar-refractivity contribution in [1.82, 2.24) is 9.97 Å². The lowest BCUT2D eigenvalue weighted by Gasteiger charge is -2.30. The molecule has 31 heavy (non-hydrogen) atoms. The van der Waals surface area contributed by atoms with Gasteiger partial charge in [0.05, 0.1) is 24.7 Å². The van der Waals surface area contributed by atoms with E-state index in [0.717, 1.165) is 0 Å². The van der Waals surface area contributed by atoms with Gasteiger partial charge in [-0.2, -0.15) is 9.97 Å². The first kappa shape index (κ1) is 20.5. The van der Waals surface area contributed by atoms with E-state index in [4.69, 9.17) is 10.5 Å². The van der Waals surface area contributed by atoms with Crippen LogP contribution in [0.3, 0.4) is 0 Å². The minimum absolute atomic E-state index is 0.0622. The van der Waals surface area contributed by atoms with Crippen LogP contribution in [0.4, 0.5) is 29.0 Å². The average molecular weight is 425 g/mol. The van der Waals surface area contributed by atoms with Gasteiger partial charge in [-0.25, -0.2) is 0 Å². The van der Waals surface area contributed by atoms with Crippen molar-refractivity contribution in [3.8, 4) is 0 Å². The molecule has 11 nitrogen and oxygen atoms in total. The molecule has 5 N–H and O–H groups in total. The summed E-state index contributed by atoms with van der Waals surface area (Å²) in [5.74, 6) is -0.906. The minimum atomic E-state index is -0.822. The highest BCUT2D eigenvalue weighted by Gasteiger charge is 2.35. The second kappa shape index (κ2) is 8.56. The van der Waals surface area contributed by atoms with E-state index >= 15 is 0 Å². The molecule has 1 fully saturated rings. The van der Waals surface area contributed by atoms with Crippen LogP contribution in [0, 0.1) is 0 Å². The monoisotopic (exact) mass is 425 g/mol. The van der Waals surface area contributed by atoms with Gasteiger partial charge in [0.25, 0.3) is 0 Å². The molecular formula is C20H23N7O4. The number of carbonyl (C=O) groups is 3. The Balaban J connectivity index is 1.56. The molecule has 2 aliphatic rings. The summed E-state index contributed by atoms with van der Waals surface area (Å²) in [4.78, 5) is 47.1. The number of nitrogens with zero attached hydrogens (tertiary/aromatic N) is 3. The topological polar surface area (TPSA) is 152 Å². The average Bonchev–Trinajstić information content (AvgIpc) is 2.74. The van der Waals surface area contributed by atoms with E-state index in [0.29, 0.717) is 49.2 Å². The lowest BCUT2D eigenvalue weighted by molar-refractivity contribution is -0.123. The molecule has 2 aromatic rings. The summed E-state index contributed by atoms with van der Waals surface area (Å²) in [6.07, 6.45) is -0.0622. The fourth-order valence-electron chi connectivity index (χ4n) is 3.58. The summed E-state index contributed by atoms with van der Waals surface area (Å²) in [7, 11) is 0. The second-order valence-corrected chi connectivity index (χ2v) is 7.32. The van der Waals surface area contributed by atoms with Crippen molar-refractivity contribution < 1.29 is 19.1 Å². The van der Waals surface area contributed by atoms with Gasteiger partial charge in [0.15, 0.2) is 0 Å². The molecule has 2 aliphatic heterocycles. The first-order chi connectivity index (χ1) is 14.9. The third-order valence-electron chi connectivity index (χ3n) is 5.04. The number of morpholine rings is 1. The fourth-order valence-corrected chi connectivity index (χ4v) is 3.58. The maximum atomic E-state index is 13.0.